The minimum absolute atomic E-state index is 0.366. The number of pyridine rings is 1. The Balaban J connectivity index is 2.49. The Labute approximate surface area is 79.7 Å². The van der Waals surface area contributed by atoms with Gasteiger partial charge in [0.1, 0.15) is 5.15 Å². The molecule has 0 amide bonds. The molecule has 13 heavy (non-hydrogen) atoms. The normalized spacial score (nSPS) is 13.8. The van der Waals surface area contributed by atoms with Crippen LogP contribution in [0.1, 0.15) is 11.1 Å². The smallest absolute Gasteiger partial charge is 0.331 e. The lowest BCUT2D eigenvalue weighted by Crippen LogP contribution is -1.99. The number of carboxylic acids is 1. The van der Waals surface area contributed by atoms with Gasteiger partial charge < -0.3 is 5.11 Å². The van der Waals surface area contributed by atoms with Gasteiger partial charge in [0.2, 0.25) is 0 Å². The standard InChI is InChI=1S/C9H6ClNO2/c10-8-7-4-6(9(12)13)3-5(7)1-2-11-8/h1-2,4H,3H2,(H,12,13). The minimum atomic E-state index is -0.896. The second kappa shape index (κ2) is 2.85. The highest BCUT2D eigenvalue weighted by Gasteiger charge is 2.19. The van der Waals surface area contributed by atoms with E-state index >= 15 is 0 Å². The van der Waals surface area contributed by atoms with Crippen LogP contribution in [0.3, 0.4) is 0 Å². The zero-order valence-electron chi connectivity index (χ0n) is 6.62. The molecule has 0 atom stereocenters. The Hall–Kier alpha value is -1.35. The third-order valence-corrected chi connectivity index (χ3v) is 2.31. The van der Waals surface area contributed by atoms with Crippen molar-refractivity contribution in [3.8, 4) is 0 Å². The molecule has 0 spiro atoms. The Morgan fingerprint density at radius 3 is 3.00 bits per heavy atom. The van der Waals surface area contributed by atoms with Crippen molar-refractivity contribution in [3.05, 3.63) is 34.1 Å². The quantitative estimate of drug-likeness (QED) is 0.695. The number of aromatic nitrogens is 1. The van der Waals surface area contributed by atoms with Crippen molar-refractivity contribution >= 4 is 23.6 Å². The maximum atomic E-state index is 10.6. The van der Waals surface area contributed by atoms with Crippen molar-refractivity contribution in [2.24, 2.45) is 0 Å². The van der Waals surface area contributed by atoms with E-state index in [1.165, 1.54) is 0 Å². The van der Waals surface area contributed by atoms with Crippen LogP contribution in [0.5, 0.6) is 0 Å². The monoisotopic (exact) mass is 195 g/mol. The van der Waals surface area contributed by atoms with Gasteiger partial charge in [-0.05, 0) is 17.7 Å². The van der Waals surface area contributed by atoms with E-state index in [1.807, 2.05) is 0 Å². The van der Waals surface area contributed by atoms with Crippen molar-refractivity contribution < 1.29 is 9.90 Å². The Kier molecular flexibility index (Phi) is 1.81. The van der Waals surface area contributed by atoms with E-state index in [0.29, 0.717) is 17.1 Å². The molecule has 1 aliphatic carbocycles. The van der Waals surface area contributed by atoms with E-state index in [2.05, 4.69) is 4.98 Å². The van der Waals surface area contributed by atoms with Gasteiger partial charge in [0.15, 0.2) is 0 Å². The third-order valence-electron chi connectivity index (χ3n) is 2.01. The van der Waals surface area contributed by atoms with Gasteiger partial charge >= 0.3 is 5.97 Å². The second-order valence-corrected chi connectivity index (χ2v) is 3.18. The van der Waals surface area contributed by atoms with Crippen LogP contribution in [-0.4, -0.2) is 16.1 Å². The van der Waals surface area contributed by atoms with Gasteiger partial charge in [-0.1, -0.05) is 11.6 Å². The molecule has 0 saturated heterocycles. The van der Waals surface area contributed by atoms with E-state index in [1.54, 1.807) is 18.3 Å². The average molecular weight is 196 g/mol. The highest BCUT2D eigenvalue weighted by atomic mass is 35.5. The van der Waals surface area contributed by atoms with E-state index in [4.69, 9.17) is 16.7 Å². The molecule has 1 heterocycles. The lowest BCUT2D eigenvalue weighted by molar-refractivity contribution is -0.132. The van der Waals surface area contributed by atoms with E-state index in [0.717, 1.165) is 11.1 Å². The van der Waals surface area contributed by atoms with Crippen molar-refractivity contribution in [1.82, 2.24) is 4.98 Å². The minimum Gasteiger partial charge on any atom is -0.478 e. The Bertz CT molecular complexity index is 412. The van der Waals surface area contributed by atoms with Crippen LogP contribution in [0.25, 0.3) is 6.08 Å². The van der Waals surface area contributed by atoms with E-state index in [9.17, 15) is 4.79 Å². The second-order valence-electron chi connectivity index (χ2n) is 2.83. The summed E-state index contributed by atoms with van der Waals surface area (Å²) in [4.78, 5) is 14.5. The molecule has 1 aromatic rings. The van der Waals surface area contributed by atoms with Crippen LogP contribution >= 0.6 is 11.6 Å². The molecule has 2 rings (SSSR count). The van der Waals surface area contributed by atoms with E-state index in [-0.39, 0.29) is 0 Å². The molecule has 1 aromatic heterocycles. The summed E-state index contributed by atoms with van der Waals surface area (Å²) in [6.07, 6.45) is 3.60. The molecular formula is C9H6ClNO2. The Morgan fingerprint density at radius 2 is 2.38 bits per heavy atom. The van der Waals surface area contributed by atoms with Crippen molar-refractivity contribution in [2.75, 3.05) is 0 Å². The predicted molar refractivity (Wildman–Crippen MR) is 48.6 cm³/mol. The highest BCUT2D eigenvalue weighted by molar-refractivity contribution is 6.31. The van der Waals surface area contributed by atoms with Crippen LogP contribution < -0.4 is 0 Å². The lowest BCUT2D eigenvalue weighted by atomic mass is 10.1. The topological polar surface area (TPSA) is 50.2 Å². The van der Waals surface area contributed by atoms with Gasteiger partial charge in [0, 0.05) is 23.8 Å². The van der Waals surface area contributed by atoms with Crippen LogP contribution in [0.4, 0.5) is 0 Å². The lowest BCUT2D eigenvalue weighted by Gasteiger charge is -1.97. The molecule has 0 radical (unpaired) electrons. The summed E-state index contributed by atoms with van der Waals surface area (Å²) in [7, 11) is 0. The number of hydrogen-bond donors (Lipinski definition) is 1. The van der Waals surface area contributed by atoms with E-state index < -0.39 is 5.97 Å². The highest BCUT2D eigenvalue weighted by Crippen LogP contribution is 2.28. The number of rotatable bonds is 1. The van der Waals surface area contributed by atoms with Crippen LogP contribution in [0.15, 0.2) is 17.8 Å². The first-order valence-electron chi connectivity index (χ1n) is 3.75. The zero-order chi connectivity index (χ0) is 9.42. The molecule has 4 heteroatoms. The summed E-state index contributed by atoms with van der Waals surface area (Å²) in [5.41, 5.74) is 2.03. The van der Waals surface area contributed by atoms with Crippen molar-refractivity contribution in [2.45, 2.75) is 6.42 Å². The fourth-order valence-electron chi connectivity index (χ4n) is 1.36. The number of carbonyl (C=O) groups is 1. The average Bonchev–Trinajstić information content (AvgIpc) is 2.49. The van der Waals surface area contributed by atoms with Crippen molar-refractivity contribution in [1.29, 1.82) is 0 Å². The van der Waals surface area contributed by atoms with Gasteiger partial charge in [0.05, 0.1) is 0 Å². The van der Waals surface area contributed by atoms with Crippen LogP contribution in [-0.2, 0) is 11.2 Å². The summed E-state index contributed by atoms with van der Waals surface area (Å²) >= 11 is 5.79. The summed E-state index contributed by atoms with van der Waals surface area (Å²) in [6.45, 7) is 0. The molecule has 3 nitrogen and oxygen atoms in total. The SMILES string of the molecule is O=C(O)C1=Cc2c(ccnc2Cl)C1. The summed E-state index contributed by atoms with van der Waals surface area (Å²) in [5, 5.41) is 9.11. The number of nitrogens with zero attached hydrogens (tertiary/aromatic N) is 1. The number of halogens is 1. The van der Waals surface area contributed by atoms with Gasteiger partial charge in [-0.2, -0.15) is 0 Å². The molecule has 0 aliphatic heterocycles. The fourth-order valence-corrected chi connectivity index (χ4v) is 1.59. The van der Waals surface area contributed by atoms with Gasteiger partial charge in [-0.15, -0.1) is 0 Å². The summed E-state index contributed by atoms with van der Waals surface area (Å²) < 4.78 is 0. The Morgan fingerprint density at radius 1 is 1.62 bits per heavy atom. The van der Waals surface area contributed by atoms with Gasteiger partial charge in [-0.3, -0.25) is 0 Å². The first kappa shape index (κ1) is 8.26. The third kappa shape index (κ3) is 1.31. The number of carboxylic acid groups (broad SMARTS) is 1. The van der Waals surface area contributed by atoms with Crippen molar-refractivity contribution in [3.63, 3.8) is 0 Å². The number of aliphatic carboxylic acids is 1. The molecule has 0 bridgehead atoms. The predicted octanol–water partition coefficient (Wildman–Crippen LogP) is 1.76. The molecule has 0 saturated carbocycles. The molecule has 0 unspecified atom stereocenters. The number of fused-ring (bicyclic) bond motifs is 1. The number of hydrogen-bond acceptors (Lipinski definition) is 2. The zero-order valence-corrected chi connectivity index (χ0v) is 7.38. The van der Waals surface area contributed by atoms with Gasteiger partial charge in [0.25, 0.3) is 0 Å². The molecule has 66 valence electrons. The fraction of sp³-hybridized carbons (Fsp3) is 0.111. The maximum Gasteiger partial charge on any atom is 0.331 e. The molecule has 1 aliphatic rings. The molecule has 1 N–H and O–H groups in total. The maximum absolute atomic E-state index is 10.6. The van der Waals surface area contributed by atoms with Crippen LogP contribution in [0, 0.1) is 0 Å². The first-order chi connectivity index (χ1) is 6.18. The largest absolute Gasteiger partial charge is 0.478 e. The molecule has 0 aromatic carbocycles. The first-order valence-corrected chi connectivity index (χ1v) is 4.13. The van der Waals surface area contributed by atoms with Crippen LogP contribution in [0.2, 0.25) is 5.15 Å². The summed E-state index contributed by atoms with van der Waals surface area (Å²) in [5.74, 6) is -0.896. The molecule has 0 fully saturated rings. The van der Waals surface area contributed by atoms with Gasteiger partial charge in [-0.25, -0.2) is 9.78 Å². The molecular weight excluding hydrogens is 190 g/mol. The summed E-state index contributed by atoms with van der Waals surface area (Å²) in [6, 6.07) is 1.79.